The van der Waals surface area contributed by atoms with Crippen LogP contribution in [-0.4, -0.2) is 30.0 Å². The highest BCUT2D eigenvalue weighted by atomic mass is 32.2. The summed E-state index contributed by atoms with van der Waals surface area (Å²) in [5.41, 5.74) is 3.36. The Balaban J connectivity index is 2.42. The van der Waals surface area contributed by atoms with Crippen LogP contribution in [0.3, 0.4) is 0 Å². The summed E-state index contributed by atoms with van der Waals surface area (Å²) in [6.45, 7) is 0. The van der Waals surface area contributed by atoms with Crippen LogP contribution in [0.15, 0.2) is 5.38 Å². The first-order valence-corrected chi connectivity index (χ1v) is 7.33. The van der Waals surface area contributed by atoms with E-state index in [0.29, 0.717) is 12.8 Å². The number of aromatic nitrogens is 2. The molecule has 1 aromatic heterocycles. The Bertz CT molecular complexity index is 376. The molecule has 0 aliphatic heterocycles. The lowest BCUT2D eigenvalue weighted by Crippen LogP contribution is -2.28. The van der Waals surface area contributed by atoms with E-state index >= 15 is 0 Å². The Labute approximate surface area is 92.9 Å². The Morgan fingerprint density at radius 3 is 2.87 bits per heavy atom. The lowest BCUT2D eigenvalue weighted by atomic mass is 10.1. The van der Waals surface area contributed by atoms with Gasteiger partial charge >= 0.3 is 0 Å². The fraction of sp³-hybridized carbons (Fsp3) is 0.714. The van der Waals surface area contributed by atoms with Crippen LogP contribution in [0.5, 0.6) is 0 Å². The third-order valence-electron chi connectivity index (χ3n) is 1.94. The lowest BCUT2D eigenvalue weighted by molar-refractivity contribution is 0.496. The molecule has 0 aromatic carbocycles. The fourth-order valence-electron chi connectivity index (χ4n) is 1.19. The first-order valence-electron chi connectivity index (χ1n) is 4.44. The van der Waals surface area contributed by atoms with Crippen molar-refractivity contribution in [3.63, 3.8) is 0 Å². The lowest BCUT2D eigenvalue weighted by Gasteiger charge is -2.11. The molecule has 0 aliphatic rings. The maximum atomic E-state index is 10.9. The molecule has 6 nitrogen and oxygen atoms in total. The van der Waals surface area contributed by atoms with Crippen LogP contribution in [-0.2, 0) is 9.84 Å². The van der Waals surface area contributed by atoms with Crippen molar-refractivity contribution in [3.8, 4) is 0 Å². The molecule has 15 heavy (non-hydrogen) atoms. The van der Waals surface area contributed by atoms with Crippen molar-refractivity contribution in [3.05, 3.63) is 11.1 Å². The molecule has 0 radical (unpaired) electrons. The van der Waals surface area contributed by atoms with Gasteiger partial charge in [0.15, 0.2) is 0 Å². The zero-order chi connectivity index (χ0) is 11.3. The van der Waals surface area contributed by atoms with Crippen LogP contribution in [0.4, 0.5) is 0 Å². The van der Waals surface area contributed by atoms with E-state index in [1.807, 2.05) is 0 Å². The number of rotatable bonds is 6. The molecule has 0 saturated carbocycles. The summed E-state index contributed by atoms with van der Waals surface area (Å²) in [6.07, 6.45) is 2.42. The number of sulfone groups is 1. The standard InChI is InChI=1S/C7H14N4O2S2/c1-15(12,13)4-2-3-6(9-8)7-5-14-11-10-7/h5-6,9H,2-4,8H2,1H3. The number of nitrogens with one attached hydrogen (secondary N) is 1. The molecule has 3 N–H and O–H groups in total. The van der Waals surface area contributed by atoms with Gasteiger partial charge in [-0.05, 0) is 24.4 Å². The zero-order valence-electron chi connectivity index (χ0n) is 8.38. The fourth-order valence-corrected chi connectivity index (χ4v) is 2.39. The summed E-state index contributed by atoms with van der Waals surface area (Å²) in [4.78, 5) is 0. The van der Waals surface area contributed by atoms with Crippen molar-refractivity contribution in [2.75, 3.05) is 12.0 Å². The number of nitrogens with zero attached hydrogens (tertiary/aromatic N) is 2. The third kappa shape index (κ3) is 4.65. The Morgan fingerprint density at radius 2 is 2.40 bits per heavy atom. The predicted octanol–water partition coefficient (Wildman–Crippen LogP) is -0.133. The van der Waals surface area contributed by atoms with E-state index in [4.69, 9.17) is 5.84 Å². The summed E-state index contributed by atoms with van der Waals surface area (Å²) in [6, 6.07) is -0.120. The van der Waals surface area contributed by atoms with Crippen LogP contribution in [0.25, 0.3) is 0 Å². The molecule has 86 valence electrons. The molecule has 1 heterocycles. The summed E-state index contributed by atoms with van der Waals surface area (Å²) in [5, 5.41) is 5.68. The molecule has 0 bridgehead atoms. The Kier molecular flexibility index (Phi) is 4.58. The number of nitrogens with two attached hydrogens (primary N) is 1. The summed E-state index contributed by atoms with van der Waals surface area (Å²) >= 11 is 1.25. The molecule has 1 aromatic rings. The number of hydrogen-bond acceptors (Lipinski definition) is 7. The molecule has 1 unspecified atom stereocenters. The first-order chi connectivity index (χ1) is 7.03. The second-order valence-corrected chi connectivity index (χ2v) is 6.19. The zero-order valence-corrected chi connectivity index (χ0v) is 10.0. The SMILES string of the molecule is CS(=O)(=O)CCCC(NN)c1csnn1. The molecule has 0 spiro atoms. The topological polar surface area (TPSA) is 98.0 Å². The molecular weight excluding hydrogens is 236 g/mol. The van der Waals surface area contributed by atoms with Gasteiger partial charge in [0, 0.05) is 17.4 Å². The normalized spacial score (nSPS) is 14.0. The van der Waals surface area contributed by atoms with E-state index in [1.165, 1.54) is 17.8 Å². The van der Waals surface area contributed by atoms with Crippen LogP contribution >= 0.6 is 11.5 Å². The minimum Gasteiger partial charge on any atom is -0.271 e. The van der Waals surface area contributed by atoms with Crippen molar-refractivity contribution in [2.24, 2.45) is 5.84 Å². The van der Waals surface area contributed by atoms with Crippen molar-refractivity contribution >= 4 is 21.4 Å². The monoisotopic (exact) mass is 250 g/mol. The predicted molar refractivity (Wildman–Crippen MR) is 58.9 cm³/mol. The number of hydrogen-bond donors (Lipinski definition) is 2. The molecular formula is C7H14N4O2S2. The van der Waals surface area contributed by atoms with Gasteiger partial charge in [-0.3, -0.25) is 11.3 Å². The maximum Gasteiger partial charge on any atom is 0.147 e. The van der Waals surface area contributed by atoms with E-state index in [9.17, 15) is 8.42 Å². The number of hydrazine groups is 1. The Morgan fingerprint density at radius 1 is 1.67 bits per heavy atom. The van der Waals surface area contributed by atoms with Gasteiger partial charge in [-0.15, -0.1) is 5.10 Å². The summed E-state index contributed by atoms with van der Waals surface area (Å²) in [7, 11) is -2.90. The van der Waals surface area contributed by atoms with Gasteiger partial charge in [0.05, 0.1) is 11.7 Å². The van der Waals surface area contributed by atoms with E-state index in [1.54, 1.807) is 5.38 Å². The van der Waals surface area contributed by atoms with Crippen molar-refractivity contribution in [1.82, 2.24) is 15.0 Å². The van der Waals surface area contributed by atoms with Gasteiger partial charge in [0.25, 0.3) is 0 Å². The van der Waals surface area contributed by atoms with E-state index in [2.05, 4.69) is 15.0 Å². The van der Waals surface area contributed by atoms with Crippen molar-refractivity contribution in [1.29, 1.82) is 0 Å². The van der Waals surface area contributed by atoms with E-state index in [-0.39, 0.29) is 11.8 Å². The van der Waals surface area contributed by atoms with Crippen molar-refractivity contribution < 1.29 is 8.42 Å². The van der Waals surface area contributed by atoms with Gasteiger partial charge in [-0.1, -0.05) is 4.49 Å². The quantitative estimate of drug-likeness (QED) is 0.539. The van der Waals surface area contributed by atoms with Crippen LogP contribution in [0.1, 0.15) is 24.6 Å². The molecule has 8 heteroatoms. The molecule has 0 amide bonds. The van der Waals surface area contributed by atoms with Crippen LogP contribution in [0, 0.1) is 0 Å². The second kappa shape index (κ2) is 5.50. The van der Waals surface area contributed by atoms with Gasteiger partial charge in [0.2, 0.25) is 0 Å². The maximum absolute atomic E-state index is 10.9. The van der Waals surface area contributed by atoms with Gasteiger partial charge in [0.1, 0.15) is 9.84 Å². The smallest absolute Gasteiger partial charge is 0.147 e. The van der Waals surface area contributed by atoms with Gasteiger partial charge in [-0.2, -0.15) is 0 Å². The van der Waals surface area contributed by atoms with Crippen LogP contribution < -0.4 is 11.3 Å². The molecule has 1 rings (SSSR count). The first kappa shape index (κ1) is 12.5. The van der Waals surface area contributed by atoms with E-state index < -0.39 is 9.84 Å². The summed E-state index contributed by atoms with van der Waals surface area (Å²) in [5.74, 6) is 5.52. The second-order valence-electron chi connectivity index (χ2n) is 3.32. The molecule has 1 atom stereocenters. The minimum atomic E-state index is -2.90. The summed E-state index contributed by atoms with van der Waals surface area (Å²) < 4.78 is 25.5. The highest BCUT2D eigenvalue weighted by Gasteiger charge is 2.13. The average molecular weight is 250 g/mol. The largest absolute Gasteiger partial charge is 0.271 e. The molecule has 0 saturated heterocycles. The third-order valence-corrected chi connectivity index (χ3v) is 3.50. The van der Waals surface area contributed by atoms with Crippen LogP contribution in [0.2, 0.25) is 0 Å². The highest BCUT2D eigenvalue weighted by molar-refractivity contribution is 7.90. The van der Waals surface area contributed by atoms with Crippen molar-refractivity contribution in [2.45, 2.75) is 18.9 Å². The Hall–Kier alpha value is -0.570. The van der Waals surface area contributed by atoms with Gasteiger partial charge in [-0.25, -0.2) is 8.42 Å². The van der Waals surface area contributed by atoms with Gasteiger partial charge < -0.3 is 0 Å². The highest BCUT2D eigenvalue weighted by Crippen LogP contribution is 2.16. The van der Waals surface area contributed by atoms with E-state index in [0.717, 1.165) is 5.69 Å². The molecule has 0 aliphatic carbocycles. The minimum absolute atomic E-state index is 0.120. The average Bonchev–Trinajstić information content (AvgIpc) is 2.63. The molecule has 0 fully saturated rings.